The first-order valence-electron chi connectivity index (χ1n) is 7.88. The summed E-state index contributed by atoms with van der Waals surface area (Å²) in [6.07, 6.45) is 0. The molecule has 0 fully saturated rings. The van der Waals surface area contributed by atoms with Crippen molar-refractivity contribution in [3.63, 3.8) is 0 Å². The molecule has 0 atom stereocenters. The number of amides is 2. The van der Waals surface area contributed by atoms with E-state index in [1.54, 1.807) is 6.07 Å². The second-order valence-corrected chi connectivity index (χ2v) is 5.43. The molecule has 0 aromatic heterocycles. The van der Waals surface area contributed by atoms with Gasteiger partial charge in [-0.2, -0.15) is 8.78 Å². The van der Waals surface area contributed by atoms with Crippen LogP contribution in [-0.4, -0.2) is 12.6 Å². The molecule has 0 radical (unpaired) electrons. The zero-order valence-electron chi connectivity index (χ0n) is 13.7. The molecule has 0 aliphatic carbocycles. The van der Waals surface area contributed by atoms with Crippen molar-refractivity contribution in [2.45, 2.75) is 6.61 Å². The molecule has 0 saturated heterocycles. The summed E-state index contributed by atoms with van der Waals surface area (Å²) in [5, 5.41) is 5.38. The van der Waals surface area contributed by atoms with Crippen LogP contribution in [0.5, 0.6) is 5.75 Å². The van der Waals surface area contributed by atoms with E-state index in [-0.39, 0.29) is 5.75 Å². The van der Waals surface area contributed by atoms with E-state index in [0.717, 1.165) is 11.1 Å². The van der Waals surface area contributed by atoms with Crippen molar-refractivity contribution in [1.82, 2.24) is 0 Å². The van der Waals surface area contributed by atoms with E-state index < -0.39 is 12.6 Å². The van der Waals surface area contributed by atoms with Crippen LogP contribution in [0.25, 0.3) is 11.1 Å². The summed E-state index contributed by atoms with van der Waals surface area (Å²) >= 11 is 0. The zero-order valence-corrected chi connectivity index (χ0v) is 13.7. The van der Waals surface area contributed by atoms with Crippen LogP contribution in [0, 0.1) is 0 Å². The molecule has 3 aromatic carbocycles. The molecule has 2 N–H and O–H groups in total. The van der Waals surface area contributed by atoms with E-state index in [0.29, 0.717) is 11.4 Å². The van der Waals surface area contributed by atoms with Crippen LogP contribution in [-0.2, 0) is 0 Å². The Balaban J connectivity index is 1.63. The highest BCUT2D eigenvalue weighted by Crippen LogP contribution is 2.23. The first kappa shape index (κ1) is 17.4. The summed E-state index contributed by atoms with van der Waals surface area (Å²) in [6, 6.07) is 22.5. The Kier molecular flexibility index (Phi) is 5.43. The van der Waals surface area contributed by atoms with Crippen LogP contribution in [0.1, 0.15) is 0 Å². The summed E-state index contributed by atoms with van der Waals surface area (Å²) in [7, 11) is 0. The average molecular weight is 354 g/mol. The Bertz CT molecular complexity index is 868. The third-order valence-corrected chi connectivity index (χ3v) is 3.56. The summed E-state index contributed by atoms with van der Waals surface area (Å²) in [5.41, 5.74) is 3.13. The maximum atomic E-state index is 12.1. The Morgan fingerprint density at radius 3 is 2.12 bits per heavy atom. The monoisotopic (exact) mass is 354 g/mol. The van der Waals surface area contributed by atoms with Crippen molar-refractivity contribution in [2.24, 2.45) is 0 Å². The maximum absolute atomic E-state index is 12.1. The van der Waals surface area contributed by atoms with Gasteiger partial charge in [0.1, 0.15) is 5.75 Å². The molecule has 0 unspecified atom stereocenters. The van der Waals surface area contributed by atoms with E-state index in [9.17, 15) is 13.6 Å². The summed E-state index contributed by atoms with van der Waals surface area (Å²) in [5.74, 6) is 0.0292. The summed E-state index contributed by atoms with van der Waals surface area (Å²) in [4.78, 5) is 12.1. The van der Waals surface area contributed by atoms with Gasteiger partial charge in [-0.05, 0) is 47.5 Å². The molecular weight excluding hydrogens is 338 g/mol. The van der Waals surface area contributed by atoms with Crippen molar-refractivity contribution in [2.75, 3.05) is 10.6 Å². The van der Waals surface area contributed by atoms with Crippen LogP contribution >= 0.6 is 0 Å². The smallest absolute Gasteiger partial charge is 0.387 e. The van der Waals surface area contributed by atoms with Gasteiger partial charge in [0.15, 0.2) is 0 Å². The quantitative estimate of drug-likeness (QED) is 0.627. The minimum Gasteiger partial charge on any atom is -0.435 e. The van der Waals surface area contributed by atoms with Gasteiger partial charge in [-0.25, -0.2) is 4.79 Å². The highest BCUT2D eigenvalue weighted by atomic mass is 19.3. The second kappa shape index (κ2) is 8.11. The minimum absolute atomic E-state index is 0.0292. The van der Waals surface area contributed by atoms with Gasteiger partial charge in [-0.15, -0.1) is 0 Å². The lowest BCUT2D eigenvalue weighted by Gasteiger charge is -2.10. The number of halogens is 2. The fourth-order valence-corrected chi connectivity index (χ4v) is 2.42. The van der Waals surface area contributed by atoms with Crippen LogP contribution in [0.2, 0.25) is 0 Å². The molecule has 132 valence electrons. The van der Waals surface area contributed by atoms with Crippen molar-refractivity contribution in [3.05, 3.63) is 78.9 Å². The molecule has 3 rings (SSSR count). The first-order chi connectivity index (χ1) is 12.6. The number of ether oxygens (including phenoxy) is 1. The SMILES string of the molecule is O=C(Nc1ccc(OC(F)F)cc1)Nc1cccc(-c2ccccc2)c1. The molecule has 0 heterocycles. The number of urea groups is 1. The number of hydrogen-bond donors (Lipinski definition) is 2. The third kappa shape index (κ3) is 4.80. The highest BCUT2D eigenvalue weighted by Gasteiger charge is 2.06. The van der Waals surface area contributed by atoms with Gasteiger partial charge in [0.25, 0.3) is 0 Å². The number of anilines is 2. The number of carbonyl (C=O) groups excluding carboxylic acids is 1. The number of hydrogen-bond acceptors (Lipinski definition) is 2. The number of rotatable bonds is 5. The normalized spacial score (nSPS) is 10.4. The predicted octanol–water partition coefficient (Wildman–Crippen LogP) is 5.60. The van der Waals surface area contributed by atoms with Crippen molar-refractivity contribution >= 4 is 17.4 Å². The van der Waals surface area contributed by atoms with Crippen LogP contribution in [0.15, 0.2) is 78.9 Å². The molecule has 6 heteroatoms. The molecule has 0 aliphatic rings. The average Bonchev–Trinajstić information content (AvgIpc) is 2.64. The maximum Gasteiger partial charge on any atom is 0.387 e. The van der Waals surface area contributed by atoms with E-state index in [1.807, 2.05) is 48.5 Å². The number of benzene rings is 3. The van der Waals surface area contributed by atoms with Gasteiger partial charge in [-0.1, -0.05) is 42.5 Å². The molecule has 4 nitrogen and oxygen atoms in total. The fourth-order valence-electron chi connectivity index (χ4n) is 2.42. The largest absolute Gasteiger partial charge is 0.435 e. The van der Waals surface area contributed by atoms with Crippen molar-refractivity contribution < 1.29 is 18.3 Å². The standard InChI is InChI=1S/C20H16F2N2O2/c21-19(22)26-18-11-9-16(10-12-18)23-20(25)24-17-8-4-7-15(13-17)14-5-2-1-3-6-14/h1-13,19H,(H2,23,24,25). The number of nitrogens with one attached hydrogen (secondary N) is 2. The topological polar surface area (TPSA) is 50.4 Å². The minimum atomic E-state index is -2.88. The first-order valence-corrected chi connectivity index (χ1v) is 7.88. The molecule has 3 aromatic rings. The van der Waals surface area contributed by atoms with E-state index in [2.05, 4.69) is 15.4 Å². The van der Waals surface area contributed by atoms with Gasteiger partial charge in [0.2, 0.25) is 0 Å². The van der Waals surface area contributed by atoms with Gasteiger partial charge in [0, 0.05) is 11.4 Å². The van der Waals surface area contributed by atoms with Crippen molar-refractivity contribution in [3.8, 4) is 16.9 Å². The number of carbonyl (C=O) groups is 1. The fraction of sp³-hybridized carbons (Fsp3) is 0.0500. The Labute approximate surface area is 149 Å². The lowest BCUT2D eigenvalue weighted by molar-refractivity contribution is -0.0498. The van der Waals surface area contributed by atoms with Crippen molar-refractivity contribution in [1.29, 1.82) is 0 Å². The third-order valence-electron chi connectivity index (χ3n) is 3.56. The van der Waals surface area contributed by atoms with E-state index in [4.69, 9.17) is 0 Å². The molecule has 0 bridgehead atoms. The molecule has 0 saturated carbocycles. The molecule has 0 spiro atoms. The van der Waals surface area contributed by atoms with Crippen LogP contribution in [0.4, 0.5) is 25.0 Å². The van der Waals surface area contributed by atoms with Gasteiger partial charge >= 0.3 is 12.6 Å². The Hall–Kier alpha value is -3.41. The van der Waals surface area contributed by atoms with Crippen LogP contribution < -0.4 is 15.4 Å². The molecule has 2 amide bonds. The Morgan fingerprint density at radius 2 is 1.42 bits per heavy atom. The Morgan fingerprint density at radius 1 is 0.769 bits per heavy atom. The summed E-state index contributed by atoms with van der Waals surface area (Å²) < 4.78 is 28.5. The van der Waals surface area contributed by atoms with Gasteiger partial charge in [-0.3, -0.25) is 0 Å². The zero-order chi connectivity index (χ0) is 18.4. The highest BCUT2D eigenvalue weighted by molar-refractivity contribution is 6.00. The predicted molar refractivity (Wildman–Crippen MR) is 97.6 cm³/mol. The van der Waals surface area contributed by atoms with Crippen LogP contribution in [0.3, 0.4) is 0 Å². The molecular formula is C20H16F2N2O2. The lowest BCUT2D eigenvalue weighted by Crippen LogP contribution is -2.19. The van der Waals surface area contributed by atoms with E-state index in [1.165, 1.54) is 24.3 Å². The summed E-state index contributed by atoms with van der Waals surface area (Å²) in [6.45, 7) is -2.88. The number of alkyl halides is 2. The lowest BCUT2D eigenvalue weighted by atomic mass is 10.1. The van der Waals surface area contributed by atoms with E-state index >= 15 is 0 Å². The molecule has 26 heavy (non-hydrogen) atoms. The van der Waals surface area contributed by atoms with Gasteiger partial charge in [0.05, 0.1) is 0 Å². The molecule has 0 aliphatic heterocycles. The second-order valence-electron chi connectivity index (χ2n) is 5.43. The van der Waals surface area contributed by atoms with Gasteiger partial charge < -0.3 is 15.4 Å².